The van der Waals surface area contributed by atoms with E-state index >= 15 is 0 Å². The number of nitrogens with zero attached hydrogens (tertiary/aromatic N) is 1. The molecule has 0 radical (unpaired) electrons. The van der Waals surface area contributed by atoms with Gasteiger partial charge < -0.3 is 14.4 Å². The molecule has 0 aromatic heterocycles. The van der Waals surface area contributed by atoms with Gasteiger partial charge in [0, 0.05) is 31.6 Å². The van der Waals surface area contributed by atoms with Crippen molar-refractivity contribution in [3.05, 3.63) is 24.3 Å². The molecular formula is C17H26N2O5S. The number of hydrogen-bond acceptors (Lipinski definition) is 5. The fraction of sp³-hybridized carbons (Fsp3) is 0.588. The van der Waals surface area contributed by atoms with E-state index in [2.05, 4.69) is 4.72 Å². The molecule has 1 heterocycles. The second-order valence-corrected chi connectivity index (χ2v) is 8.93. The van der Waals surface area contributed by atoms with E-state index in [0.29, 0.717) is 24.5 Å². The average Bonchev–Trinajstić information content (AvgIpc) is 2.47. The molecule has 1 aromatic rings. The first-order valence-corrected chi connectivity index (χ1v) is 10.1. The highest BCUT2D eigenvalue weighted by atomic mass is 32.2. The molecule has 1 N–H and O–H groups in total. The van der Waals surface area contributed by atoms with Gasteiger partial charge in [-0.25, -0.2) is 13.2 Å². The van der Waals surface area contributed by atoms with Crippen molar-refractivity contribution in [2.24, 2.45) is 0 Å². The number of anilines is 1. The van der Waals surface area contributed by atoms with Crippen LogP contribution in [0.25, 0.3) is 0 Å². The Labute approximate surface area is 149 Å². The minimum atomic E-state index is -3.28. The summed E-state index contributed by atoms with van der Waals surface area (Å²) in [5, 5.41) is 0. The number of rotatable bonds is 4. The molecule has 1 fully saturated rings. The molecule has 0 spiro atoms. The van der Waals surface area contributed by atoms with Gasteiger partial charge in [0.2, 0.25) is 10.0 Å². The van der Waals surface area contributed by atoms with Crippen molar-refractivity contribution in [3.8, 4) is 5.75 Å². The van der Waals surface area contributed by atoms with Crippen LogP contribution in [-0.2, 0) is 14.8 Å². The Morgan fingerprint density at radius 1 is 1.16 bits per heavy atom. The van der Waals surface area contributed by atoms with Gasteiger partial charge in [-0.05, 0) is 45.0 Å². The first-order valence-electron chi connectivity index (χ1n) is 8.24. The monoisotopic (exact) mass is 370 g/mol. The first-order chi connectivity index (χ1) is 11.5. The van der Waals surface area contributed by atoms with Crippen molar-refractivity contribution in [1.82, 2.24) is 4.90 Å². The van der Waals surface area contributed by atoms with Crippen molar-refractivity contribution in [2.75, 3.05) is 24.1 Å². The number of carbonyl (C=O) groups is 1. The molecule has 0 bridgehead atoms. The lowest BCUT2D eigenvalue weighted by Crippen LogP contribution is -2.44. The van der Waals surface area contributed by atoms with E-state index in [1.165, 1.54) is 0 Å². The highest BCUT2D eigenvalue weighted by molar-refractivity contribution is 7.92. The molecule has 1 aliphatic heterocycles. The van der Waals surface area contributed by atoms with Crippen LogP contribution >= 0.6 is 0 Å². The SMILES string of the molecule is CC(C)(C)OC(=O)N1CCC(Oc2ccc(NS(C)(=O)=O)cc2)CC1. The molecule has 1 aromatic carbocycles. The predicted octanol–water partition coefficient (Wildman–Crippen LogP) is 2.84. The number of hydrogen-bond donors (Lipinski definition) is 1. The van der Waals surface area contributed by atoms with Gasteiger partial charge in [-0.3, -0.25) is 4.72 Å². The fourth-order valence-corrected chi connectivity index (χ4v) is 3.06. The Hall–Kier alpha value is -1.96. The summed E-state index contributed by atoms with van der Waals surface area (Å²) < 4.78 is 36.1. The summed E-state index contributed by atoms with van der Waals surface area (Å²) in [5.74, 6) is 0.676. The van der Waals surface area contributed by atoms with Crippen LogP contribution in [0.3, 0.4) is 0 Å². The average molecular weight is 370 g/mol. The van der Waals surface area contributed by atoms with E-state index in [9.17, 15) is 13.2 Å². The maximum absolute atomic E-state index is 12.0. The topological polar surface area (TPSA) is 84.9 Å². The van der Waals surface area contributed by atoms with Crippen LogP contribution in [0.4, 0.5) is 10.5 Å². The third-order valence-electron chi connectivity index (χ3n) is 3.55. The number of sulfonamides is 1. The number of nitrogens with one attached hydrogen (secondary N) is 1. The maximum atomic E-state index is 12.0. The van der Waals surface area contributed by atoms with Gasteiger partial charge in [0.1, 0.15) is 17.5 Å². The summed E-state index contributed by atoms with van der Waals surface area (Å²) in [6, 6.07) is 6.78. The van der Waals surface area contributed by atoms with E-state index in [4.69, 9.17) is 9.47 Å². The molecule has 0 unspecified atom stereocenters. The largest absolute Gasteiger partial charge is 0.490 e. The van der Waals surface area contributed by atoms with Crippen LogP contribution in [-0.4, -0.2) is 50.5 Å². The Balaban J connectivity index is 1.83. The highest BCUT2D eigenvalue weighted by Crippen LogP contribution is 2.22. The fourth-order valence-electron chi connectivity index (χ4n) is 2.49. The quantitative estimate of drug-likeness (QED) is 0.881. The summed E-state index contributed by atoms with van der Waals surface area (Å²) >= 11 is 0. The summed E-state index contributed by atoms with van der Waals surface area (Å²) in [4.78, 5) is 13.7. The molecule has 0 saturated carbocycles. The first kappa shape index (κ1) is 19.4. The zero-order valence-electron chi connectivity index (χ0n) is 15.1. The second-order valence-electron chi connectivity index (χ2n) is 7.18. The minimum Gasteiger partial charge on any atom is -0.490 e. The van der Waals surface area contributed by atoms with Crippen LogP contribution < -0.4 is 9.46 Å². The lowest BCUT2D eigenvalue weighted by Gasteiger charge is -2.33. The molecule has 1 amide bonds. The predicted molar refractivity (Wildman–Crippen MR) is 96.4 cm³/mol. The van der Waals surface area contributed by atoms with Crippen LogP contribution in [0.2, 0.25) is 0 Å². The molecule has 2 rings (SSSR count). The number of carbonyl (C=O) groups excluding carboxylic acids is 1. The normalized spacial score (nSPS) is 16.4. The van der Waals surface area contributed by atoms with E-state index in [1.54, 1.807) is 29.2 Å². The van der Waals surface area contributed by atoms with E-state index in [-0.39, 0.29) is 12.2 Å². The number of benzene rings is 1. The smallest absolute Gasteiger partial charge is 0.410 e. The number of piperidine rings is 1. The van der Waals surface area contributed by atoms with Gasteiger partial charge in [0.25, 0.3) is 0 Å². The van der Waals surface area contributed by atoms with Crippen LogP contribution in [0.1, 0.15) is 33.6 Å². The number of ether oxygens (including phenoxy) is 2. The zero-order chi connectivity index (χ0) is 18.7. The summed E-state index contributed by atoms with van der Waals surface area (Å²) in [6.07, 6.45) is 2.29. The van der Waals surface area contributed by atoms with Crippen molar-refractivity contribution in [2.45, 2.75) is 45.3 Å². The molecule has 0 aliphatic carbocycles. The van der Waals surface area contributed by atoms with Crippen molar-refractivity contribution < 1.29 is 22.7 Å². The Kier molecular flexibility index (Phi) is 5.82. The van der Waals surface area contributed by atoms with Gasteiger partial charge in [-0.15, -0.1) is 0 Å². The van der Waals surface area contributed by atoms with E-state index in [0.717, 1.165) is 19.1 Å². The Morgan fingerprint density at radius 2 is 1.72 bits per heavy atom. The summed E-state index contributed by atoms with van der Waals surface area (Å²) in [6.45, 7) is 6.73. The Morgan fingerprint density at radius 3 is 2.20 bits per heavy atom. The lowest BCUT2D eigenvalue weighted by molar-refractivity contribution is 0.0126. The third kappa shape index (κ3) is 6.81. The van der Waals surface area contributed by atoms with E-state index in [1.807, 2.05) is 20.8 Å². The molecule has 1 saturated heterocycles. The molecular weight excluding hydrogens is 344 g/mol. The molecule has 7 nitrogen and oxygen atoms in total. The van der Waals surface area contributed by atoms with Crippen molar-refractivity contribution in [3.63, 3.8) is 0 Å². The molecule has 8 heteroatoms. The molecule has 1 aliphatic rings. The van der Waals surface area contributed by atoms with Gasteiger partial charge in [0.15, 0.2) is 0 Å². The maximum Gasteiger partial charge on any atom is 0.410 e. The van der Waals surface area contributed by atoms with Gasteiger partial charge in [-0.2, -0.15) is 0 Å². The third-order valence-corrected chi connectivity index (χ3v) is 4.16. The van der Waals surface area contributed by atoms with Gasteiger partial charge in [-0.1, -0.05) is 0 Å². The zero-order valence-corrected chi connectivity index (χ0v) is 15.9. The van der Waals surface area contributed by atoms with Crippen LogP contribution in [0, 0.1) is 0 Å². The second kappa shape index (κ2) is 7.51. The summed E-state index contributed by atoms with van der Waals surface area (Å²) in [5.41, 5.74) is 0.00113. The number of likely N-dealkylation sites (tertiary alicyclic amines) is 1. The lowest BCUT2D eigenvalue weighted by atomic mass is 10.1. The standard InChI is InChI=1S/C17H26N2O5S/c1-17(2,3)24-16(20)19-11-9-15(10-12-19)23-14-7-5-13(6-8-14)18-25(4,21)22/h5-8,15,18H,9-12H2,1-4H3. The van der Waals surface area contributed by atoms with Crippen LogP contribution in [0.15, 0.2) is 24.3 Å². The number of amides is 1. The van der Waals surface area contributed by atoms with Crippen LogP contribution in [0.5, 0.6) is 5.75 Å². The molecule has 140 valence electrons. The van der Waals surface area contributed by atoms with Crippen molar-refractivity contribution in [1.29, 1.82) is 0 Å². The highest BCUT2D eigenvalue weighted by Gasteiger charge is 2.27. The molecule has 25 heavy (non-hydrogen) atoms. The molecule has 0 atom stereocenters. The van der Waals surface area contributed by atoms with Gasteiger partial charge in [0.05, 0.1) is 6.26 Å². The summed E-state index contributed by atoms with van der Waals surface area (Å²) in [7, 11) is -3.28. The minimum absolute atomic E-state index is 0.0207. The van der Waals surface area contributed by atoms with Crippen molar-refractivity contribution >= 4 is 21.8 Å². The van der Waals surface area contributed by atoms with Gasteiger partial charge >= 0.3 is 6.09 Å². The van der Waals surface area contributed by atoms with E-state index < -0.39 is 15.6 Å². The Bertz CT molecular complexity index is 687.